The minimum absolute atomic E-state index is 0.0456. The summed E-state index contributed by atoms with van der Waals surface area (Å²) >= 11 is 0. The van der Waals surface area contributed by atoms with Crippen LogP contribution in [0.4, 0.5) is 5.82 Å². The van der Waals surface area contributed by atoms with Crippen molar-refractivity contribution in [2.45, 2.75) is 26.2 Å². The normalized spacial score (nSPS) is 15.1. The zero-order chi connectivity index (χ0) is 15.1. The zero-order valence-electron chi connectivity index (χ0n) is 12.7. The second kappa shape index (κ2) is 7.61. The number of guanidine groups is 1. The molecule has 0 aliphatic carbocycles. The van der Waals surface area contributed by atoms with Gasteiger partial charge in [0.15, 0.2) is 5.96 Å². The second-order valence-corrected chi connectivity index (χ2v) is 5.19. The van der Waals surface area contributed by atoms with E-state index in [1.807, 2.05) is 19.1 Å². The van der Waals surface area contributed by atoms with Crippen molar-refractivity contribution in [2.75, 3.05) is 32.0 Å². The minimum Gasteiger partial charge on any atom is -0.356 e. The Balaban J connectivity index is 1.72. The molecule has 0 spiro atoms. The molecule has 2 N–H and O–H groups in total. The van der Waals surface area contributed by atoms with E-state index < -0.39 is 0 Å². The summed E-state index contributed by atoms with van der Waals surface area (Å²) < 4.78 is 0. The number of aryl methyl sites for hydroxylation is 1. The summed E-state index contributed by atoms with van der Waals surface area (Å²) in [5, 5.41) is 6.02. The maximum absolute atomic E-state index is 11.8. The first-order valence-electron chi connectivity index (χ1n) is 7.37. The molecule has 1 fully saturated rings. The van der Waals surface area contributed by atoms with Gasteiger partial charge in [-0.15, -0.1) is 0 Å². The Morgan fingerprint density at radius 3 is 2.76 bits per heavy atom. The van der Waals surface area contributed by atoms with E-state index in [2.05, 4.69) is 25.5 Å². The van der Waals surface area contributed by atoms with Crippen molar-refractivity contribution >= 4 is 17.7 Å². The first-order valence-corrected chi connectivity index (χ1v) is 7.37. The lowest BCUT2D eigenvalue weighted by molar-refractivity contribution is -0.116. The van der Waals surface area contributed by atoms with Gasteiger partial charge in [0.2, 0.25) is 5.91 Å². The first-order chi connectivity index (χ1) is 10.2. The number of aliphatic imine (C=N–C) groups is 1. The number of nitrogens with one attached hydrogen (secondary N) is 2. The molecule has 2 rings (SSSR count). The average molecular weight is 289 g/mol. The number of nitrogens with zero attached hydrogens (tertiary/aromatic N) is 3. The van der Waals surface area contributed by atoms with Gasteiger partial charge in [-0.05, 0) is 31.4 Å². The molecule has 6 heteroatoms. The van der Waals surface area contributed by atoms with E-state index in [1.165, 1.54) is 12.8 Å². The fourth-order valence-corrected chi connectivity index (χ4v) is 2.30. The molecule has 1 aliphatic rings. The van der Waals surface area contributed by atoms with Gasteiger partial charge in [0.05, 0.1) is 0 Å². The van der Waals surface area contributed by atoms with E-state index >= 15 is 0 Å². The average Bonchev–Trinajstić information content (AvgIpc) is 3.00. The molecule has 0 radical (unpaired) electrons. The SMILES string of the molecule is CN=C(NCCC(=O)Nc1ccc(C)cn1)N1CCCC1. The molecule has 0 bridgehead atoms. The van der Waals surface area contributed by atoms with Crippen LogP contribution in [0.1, 0.15) is 24.8 Å². The van der Waals surface area contributed by atoms with Gasteiger partial charge < -0.3 is 15.5 Å². The van der Waals surface area contributed by atoms with Crippen LogP contribution in [0.2, 0.25) is 0 Å². The highest BCUT2D eigenvalue weighted by Crippen LogP contribution is 2.07. The molecule has 0 atom stereocenters. The number of pyridine rings is 1. The molecule has 1 aromatic heterocycles. The number of aromatic nitrogens is 1. The van der Waals surface area contributed by atoms with Crippen LogP contribution in [0.5, 0.6) is 0 Å². The van der Waals surface area contributed by atoms with Crippen LogP contribution in [0.15, 0.2) is 23.3 Å². The van der Waals surface area contributed by atoms with E-state index in [4.69, 9.17) is 0 Å². The number of hydrogen-bond donors (Lipinski definition) is 2. The summed E-state index contributed by atoms with van der Waals surface area (Å²) in [5.74, 6) is 1.43. The van der Waals surface area contributed by atoms with Gasteiger partial charge in [-0.1, -0.05) is 6.07 Å². The highest BCUT2D eigenvalue weighted by Gasteiger charge is 2.15. The van der Waals surface area contributed by atoms with Crippen LogP contribution in [-0.2, 0) is 4.79 Å². The van der Waals surface area contributed by atoms with Crippen LogP contribution in [0.25, 0.3) is 0 Å². The molecular weight excluding hydrogens is 266 g/mol. The molecule has 0 saturated carbocycles. The molecule has 1 aromatic rings. The van der Waals surface area contributed by atoms with Crippen molar-refractivity contribution in [2.24, 2.45) is 4.99 Å². The maximum Gasteiger partial charge on any atom is 0.227 e. The molecule has 1 amide bonds. The standard InChI is InChI=1S/C15H23N5O/c1-12-5-6-13(18-11-12)19-14(21)7-8-17-15(16-2)20-9-3-4-10-20/h5-6,11H,3-4,7-10H2,1-2H3,(H,16,17)(H,18,19,21). The summed E-state index contributed by atoms with van der Waals surface area (Å²) in [7, 11) is 1.77. The quantitative estimate of drug-likeness (QED) is 0.649. The van der Waals surface area contributed by atoms with Gasteiger partial charge in [0, 0.05) is 39.3 Å². The largest absolute Gasteiger partial charge is 0.356 e. The third kappa shape index (κ3) is 4.73. The highest BCUT2D eigenvalue weighted by molar-refractivity contribution is 5.90. The van der Waals surface area contributed by atoms with Crippen molar-refractivity contribution in [1.29, 1.82) is 0 Å². The molecule has 21 heavy (non-hydrogen) atoms. The van der Waals surface area contributed by atoms with Gasteiger partial charge in [-0.3, -0.25) is 9.79 Å². The summed E-state index contributed by atoms with van der Waals surface area (Å²) in [4.78, 5) is 22.5. The van der Waals surface area contributed by atoms with Crippen LogP contribution in [-0.4, -0.2) is 48.4 Å². The Labute approximate surface area is 125 Å². The summed E-state index contributed by atoms with van der Waals surface area (Å²) in [6.45, 7) is 4.62. The second-order valence-electron chi connectivity index (χ2n) is 5.19. The van der Waals surface area contributed by atoms with Gasteiger partial charge in [-0.25, -0.2) is 4.98 Å². The third-order valence-electron chi connectivity index (χ3n) is 3.43. The maximum atomic E-state index is 11.8. The topological polar surface area (TPSA) is 69.6 Å². The number of likely N-dealkylation sites (tertiary alicyclic amines) is 1. The number of rotatable bonds is 4. The van der Waals surface area contributed by atoms with Crippen molar-refractivity contribution in [1.82, 2.24) is 15.2 Å². The van der Waals surface area contributed by atoms with Gasteiger partial charge in [-0.2, -0.15) is 0 Å². The Hall–Kier alpha value is -2.11. The Bertz CT molecular complexity index is 491. The van der Waals surface area contributed by atoms with Crippen LogP contribution in [0, 0.1) is 6.92 Å². The Morgan fingerprint density at radius 1 is 1.38 bits per heavy atom. The fraction of sp³-hybridized carbons (Fsp3) is 0.533. The predicted octanol–water partition coefficient (Wildman–Crippen LogP) is 1.39. The molecule has 6 nitrogen and oxygen atoms in total. The molecule has 0 unspecified atom stereocenters. The van der Waals surface area contributed by atoms with Crippen LogP contribution < -0.4 is 10.6 Å². The van der Waals surface area contributed by atoms with E-state index in [-0.39, 0.29) is 5.91 Å². The lowest BCUT2D eigenvalue weighted by Crippen LogP contribution is -2.40. The third-order valence-corrected chi connectivity index (χ3v) is 3.43. The Kier molecular flexibility index (Phi) is 5.54. The summed E-state index contributed by atoms with van der Waals surface area (Å²) in [6, 6.07) is 3.74. The molecular formula is C15H23N5O. The van der Waals surface area contributed by atoms with Gasteiger partial charge >= 0.3 is 0 Å². The lowest BCUT2D eigenvalue weighted by atomic mass is 10.3. The zero-order valence-corrected chi connectivity index (χ0v) is 12.7. The van der Waals surface area contributed by atoms with Crippen molar-refractivity contribution in [3.8, 4) is 0 Å². The van der Waals surface area contributed by atoms with E-state index in [9.17, 15) is 4.79 Å². The smallest absolute Gasteiger partial charge is 0.227 e. The minimum atomic E-state index is -0.0456. The molecule has 2 heterocycles. The predicted molar refractivity (Wildman–Crippen MR) is 84.4 cm³/mol. The number of amides is 1. The molecule has 114 valence electrons. The molecule has 1 saturated heterocycles. The van der Waals surface area contributed by atoms with E-state index in [0.29, 0.717) is 18.8 Å². The van der Waals surface area contributed by atoms with Crippen molar-refractivity contribution in [3.63, 3.8) is 0 Å². The number of anilines is 1. The van der Waals surface area contributed by atoms with Crippen molar-refractivity contribution in [3.05, 3.63) is 23.9 Å². The number of hydrogen-bond acceptors (Lipinski definition) is 3. The Morgan fingerprint density at radius 2 is 2.14 bits per heavy atom. The van der Waals surface area contributed by atoms with Gasteiger partial charge in [0.25, 0.3) is 0 Å². The number of carbonyl (C=O) groups is 1. The monoisotopic (exact) mass is 289 g/mol. The molecule has 0 aromatic carbocycles. The van der Waals surface area contributed by atoms with Crippen LogP contribution in [0.3, 0.4) is 0 Å². The summed E-state index contributed by atoms with van der Waals surface area (Å²) in [5.41, 5.74) is 1.07. The van der Waals surface area contributed by atoms with E-state index in [1.54, 1.807) is 13.2 Å². The van der Waals surface area contributed by atoms with Gasteiger partial charge in [0.1, 0.15) is 5.82 Å². The lowest BCUT2D eigenvalue weighted by Gasteiger charge is -2.20. The highest BCUT2D eigenvalue weighted by atomic mass is 16.1. The fourth-order valence-electron chi connectivity index (χ4n) is 2.30. The molecule has 1 aliphatic heterocycles. The number of carbonyl (C=O) groups excluding carboxylic acids is 1. The van der Waals surface area contributed by atoms with Crippen molar-refractivity contribution < 1.29 is 4.79 Å². The summed E-state index contributed by atoms with van der Waals surface area (Å²) in [6.07, 6.45) is 4.55. The van der Waals surface area contributed by atoms with E-state index in [0.717, 1.165) is 24.6 Å². The van der Waals surface area contributed by atoms with Crippen LogP contribution >= 0.6 is 0 Å². The first kappa shape index (κ1) is 15.3.